The Balaban J connectivity index is 2.29. The monoisotopic (exact) mass is 280 g/mol. The van der Waals surface area contributed by atoms with Crippen LogP contribution >= 0.6 is 11.8 Å². The second-order valence-electron chi connectivity index (χ2n) is 3.83. The lowest BCUT2D eigenvalue weighted by atomic mass is 10.5. The lowest BCUT2D eigenvalue weighted by Gasteiger charge is -2.06. The second kappa shape index (κ2) is 5.87. The Hall–Kier alpha value is -1.83. The van der Waals surface area contributed by atoms with Gasteiger partial charge in [-0.25, -0.2) is 19.9 Å². The number of anilines is 1. The molecule has 0 unspecified atom stereocenters. The Labute approximate surface area is 114 Å². The molecule has 2 aromatic rings. The molecule has 2 rings (SSSR count). The number of aryl methyl sites for hydroxylation is 1. The van der Waals surface area contributed by atoms with Gasteiger partial charge in [-0.05, 0) is 32.5 Å². The fourth-order valence-corrected chi connectivity index (χ4v) is 2.57. The Morgan fingerprint density at radius 1 is 1.42 bits per heavy atom. The van der Waals surface area contributed by atoms with Crippen molar-refractivity contribution in [3.05, 3.63) is 22.4 Å². The van der Waals surface area contributed by atoms with Gasteiger partial charge < -0.3 is 5.32 Å². The summed E-state index contributed by atoms with van der Waals surface area (Å²) in [4.78, 5) is 20.1. The van der Waals surface area contributed by atoms with Gasteiger partial charge in [0.2, 0.25) is 0 Å². The SMILES string of the molecule is CCNc1cc(Sc2n[nH]c(=O)n2CC)nc(C)n1. The van der Waals surface area contributed by atoms with Crippen LogP contribution in [0.2, 0.25) is 0 Å². The molecule has 102 valence electrons. The summed E-state index contributed by atoms with van der Waals surface area (Å²) in [5.74, 6) is 1.46. The van der Waals surface area contributed by atoms with Gasteiger partial charge in [-0.3, -0.25) is 4.57 Å². The van der Waals surface area contributed by atoms with Crippen LogP contribution in [0, 0.1) is 6.92 Å². The zero-order valence-electron chi connectivity index (χ0n) is 11.1. The minimum atomic E-state index is -0.206. The standard InChI is InChI=1S/C11H16N6OS/c1-4-12-8-6-9(14-7(3)13-8)19-11-16-15-10(18)17(11)5-2/h6H,4-5H2,1-3H3,(H,15,18)(H,12,13,14). The average Bonchev–Trinajstić information content (AvgIpc) is 2.69. The van der Waals surface area contributed by atoms with Crippen LogP contribution in [0.5, 0.6) is 0 Å². The van der Waals surface area contributed by atoms with Crippen LogP contribution in [0.4, 0.5) is 5.82 Å². The van der Waals surface area contributed by atoms with E-state index in [1.807, 2.05) is 26.8 Å². The van der Waals surface area contributed by atoms with Gasteiger partial charge in [0, 0.05) is 19.2 Å². The Kier molecular flexibility index (Phi) is 4.20. The Morgan fingerprint density at radius 2 is 2.21 bits per heavy atom. The van der Waals surface area contributed by atoms with E-state index in [0.29, 0.717) is 17.5 Å². The van der Waals surface area contributed by atoms with Crippen LogP contribution in [0.1, 0.15) is 19.7 Å². The number of hydrogen-bond donors (Lipinski definition) is 2. The normalized spacial score (nSPS) is 10.7. The molecule has 0 aliphatic heterocycles. The van der Waals surface area contributed by atoms with Gasteiger partial charge in [-0.1, -0.05) is 0 Å². The third kappa shape index (κ3) is 3.14. The van der Waals surface area contributed by atoms with Crippen molar-refractivity contribution in [2.24, 2.45) is 0 Å². The van der Waals surface area contributed by atoms with Gasteiger partial charge in [0.15, 0.2) is 5.16 Å². The number of rotatable bonds is 5. The first-order chi connectivity index (χ1) is 9.13. The minimum Gasteiger partial charge on any atom is -0.370 e. The van der Waals surface area contributed by atoms with Gasteiger partial charge in [-0.15, -0.1) is 5.10 Å². The van der Waals surface area contributed by atoms with Gasteiger partial charge in [0.25, 0.3) is 0 Å². The minimum absolute atomic E-state index is 0.206. The maximum atomic E-state index is 11.5. The lowest BCUT2D eigenvalue weighted by Crippen LogP contribution is -2.16. The zero-order chi connectivity index (χ0) is 13.8. The highest BCUT2D eigenvalue weighted by Crippen LogP contribution is 2.24. The lowest BCUT2D eigenvalue weighted by molar-refractivity contribution is 0.660. The molecule has 19 heavy (non-hydrogen) atoms. The quantitative estimate of drug-likeness (QED) is 0.802. The molecule has 0 bridgehead atoms. The van der Waals surface area contributed by atoms with Gasteiger partial charge >= 0.3 is 5.69 Å². The largest absolute Gasteiger partial charge is 0.370 e. The highest BCUT2D eigenvalue weighted by Gasteiger charge is 2.10. The summed E-state index contributed by atoms with van der Waals surface area (Å²) in [6, 6.07) is 1.85. The van der Waals surface area contributed by atoms with Crippen LogP contribution in [0.15, 0.2) is 21.0 Å². The molecule has 0 atom stereocenters. The number of hydrogen-bond acceptors (Lipinski definition) is 6. The number of aromatic amines is 1. The molecular weight excluding hydrogens is 264 g/mol. The number of nitrogens with zero attached hydrogens (tertiary/aromatic N) is 4. The third-order valence-electron chi connectivity index (χ3n) is 2.41. The van der Waals surface area contributed by atoms with E-state index >= 15 is 0 Å². The molecule has 2 heterocycles. The van der Waals surface area contributed by atoms with E-state index in [2.05, 4.69) is 25.5 Å². The summed E-state index contributed by atoms with van der Waals surface area (Å²) < 4.78 is 1.56. The first kappa shape index (κ1) is 13.6. The van der Waals surface area contributed by atoms with Crippen molar-refractivity contribution < 1.29 is 0 Å². The number of H-pyrrole nitrogens is 1. The molecule has 2 N–H and O–H groups in total. The molecule has 0 saturated carbocycles. The van der Waals surface area contributed by atoms with Crippen LogP contribution in [0.3, 0.4) is 0 Å². The maximum Gasteiger partial charge on any atom is 0.343 e. The van der Waals surface area contributed by atoms with Crippen LogP contribution in [-0.4, -0.2) is 31.3 Å². The molecule has 0 fully saturated rings. The molecule has 0 aliphatic rings. The third-order valence-corrected chi connectivity index (χ3v) is 3.32. The predicted molar refractivity (Wildman–Crippen MR) is 73.6 cm³/mol. The van der Waals surface area contributed by atoms with E-state index in [4.69, 9.17) is 0 Å². The fraction of sp³-hybridized carbons (Fsp3) is 0.455. The van der Waals surface area contributed by atoms with Gasteiger partial charge in [0.05, 0.1) is 0 Å². The molecule has 8 heteroatoms. The topological polar surface area (TPSA) is 88.5 Å². The van der Waals surface area contributed by atoms with E-state index in [0.717, 1.165) is 17.4 Å². The molecule has 2 aromatic heterocycles. The second-order valence-corrected chi connectivity index (χ2v) is 4.81. The molecule has 0 aliphatic carbocycles. The van der Waals surface area contributed by atoms with E-state index in [1.165, 1.54) is 11.8 Å². The zero-order valence-corrected chi connectivity index (χ0v) is 11.9. The Morgan fingerprint density at radius 3 is 2.89 bits per heavy atom. The summed E-state index contributed by atoms with van der Waals surface area (Å²) in [5.41, 5.74) is -0.206. The van der Waals surface area contributed by atoms with E-state index < -0.39 is 0 Å². The van der Waals surface area contributed by atoms with Crippen molar-refractivity contribution in [3.63, 3.8) is 0 Å². The molecule has 0 radical (unpaired) electrons. The maximum absolute atomic E-state index is 11.5. The summed E-state index contributed by atoms with van der Waals surface area (Å²) in [5, 5.41) is 10.9. The highest BCUT2D eigenvalue weighted by atomic mass is 32.2. The van der Waals surface area contributed by atoms with Crippen LogP contribution < -0.4 is 11.0 Å². The first-order valence-corrected chi connectivity index (χ1v) is 6.88. The smallest absolute Gasteiger partial charge is 0.343 e. The Bertz CT molecular complexity index is 620. The molecule has 0 amide bonds. The molecule has 7 nitrogen and oxygen atoms in total. The molecule has 0 spiro atoms. The van der Waals surface area contributed by atoms with E-state index in [9.17, 15) is 4.79 Å². The van der Waals surface area contributed by atoms with E-state index in [1.54, 1.807) is 4.57 Å². The van der Waals surface area contributed by atoms with Crippen molar-refractivity contribution >= 4 is 17.6 Å². The van der Waals surface area contributed by atoms with Gasteiger partial charge in [0.1, 0.15) is 16.7 Å². The molecular formula is C11H16N6OS. The van der Waals surface area contributed by atoms with Crippen LogP contribution in [0.25, 0.3) is 0 Å². The summed E-state index contributed by atoms with van der Waals surface area (Å²) in [6.07, 6.45) is 0. The summed E-state index contributed by atoms with van der Waals surface area (Å²) >= 11 is 1.34. The fourth-order valence-electron chi connectivity index (χ4n) is 1.62. The van der Waals surface area contributed by atoms with E-state index in [-0.39, 0.29) is 5.69 Å². The summed E-state index contributed by atoms with van der Waals surface area (Å²) in [7, 11) is 0. The molecule has 0 aromatic carbocycles. The number of aromatic nitrogens is 5. The van der Waals surface area contributed by atoms with Gasteiger partial charge in [-0.2, -0.15) is 0 Å². The average molecular weight is 280 g/mol. The van der Waals surface area contributed by atoms with Crippen molar-refractivity contribution in [2.75, 3.05) is 11.9 Å². The summed E-state index contributed by atoms with van der Waals surface area (Å²) in [6.45, 7) is 7.11. The first-order valence-electron chi connectivity index (χ1n) is 6.06. The predicted octanol–water partition coefficient (Wildman–Crippen LogP) is 1.27. The van der Waals surface area contributed by atoms with Crippen LogP contribution in [-0.2, 0) is 6.54 Å². The molecule has 0 saturated heterocycles. The van der Waals surface area contributed by atoms with Crippen molar-refractivity contribution in [2.45, 2.75) is 37.5 Å². The van der Waals surface area contributed by atoms with Crippen molar-refractivity contribution in [1.82, 2.24) is 24.7 Å². The highest BCUT2D eigenvalue weighted by molar-refractivity contribution is 7.99. The van der Waals surface area contributed by atoms with Crippen molar-refractivity contribution in [1.29, 1.82) is 0 Å². The number of nitrogens with one attached hydrogen (secondary N) is 2. The van der Waals surface area contributed by atoms with Crippen molar-refractivity contribution in [3.8, 4) is 0 Å².